The van der Waals surface area contributed by atoms with Gasteiger partial charge in [0.15, 0.2) is 0 Å². The van der Waals surface area contributed by atoms with Crippen LogP contribution in [0.3, 0.4) is 0 Å². The highest BCUT2D eigenvalue weighted by Crippen LogP contribution is 2.12. The molecule has 0 bridgehead atoms. The van der Waals surface area contributed by atoms with Crippen molar-refractivity contribution in [1.29, 1.82) is 0 Å². The number of nitrogens with zero attached hydrogens (tertiary/aromatic N) is 1. The van der Waals surface area contributed by atoms with Crippen LogP contribution >= 0.6 is 0 Å². The number of rotatable bonds is 2. The monoisotopic (exact) mass is 248 g/mol. The van der Waals surface area contributed by atoms with Gasteiger partial charge in [0.05, 0.1) is 0 Å². The fourth-order valence-electron chi connectivity index (χ4n) is 1.90. The number of likely N-dealkylation sites (tertiary alicyclic amines) is 1. The second-order valence-electron chi connectivity index (χ2n) is 4.32. The van der Waals surface area contributed by atoms with Crippen LogP contribution in [-0.4, -0.2) is 36.5 Å². The van der Waals surface area contributed by atoms with Crippen molar-refractivity contribution in [1.82, 2.24) is 10.2 Å². The van der Waals surface area contributed by atoms with Crippen LogP contribution in [0.2, 0.25) is 0 Å². The number of hydrogen-bond donors (Lipinski definition) is 3. The zero-order chi connectivity index (χ0) is 13.1. The number of nitrogens with one attached hydrogen (secondary N) is 2. The normalized spacial score (nSPS) is 18.8. The summed E-state index contributed by atoms with van der Waals surface area (Å²) >= 11 is 0. The van der Waals surface area contributed by atoms with Gasteiger partial charge in [0, 0.05) is 25.0 Å². The van der Waals surface area contributed by atoms with E-state index >= 15 is 0 Å². The zero-order valence-corrected chi connectivity index (χ0v) is 10.1. The predicted octanol–water partition coefficient (Wildman–Crippen LogP) is 0.621. The third-order valence-corrected chi connectivity index (χ3v) is 2.88. The van der Waals surface area contributed by atoms with Gasteiger partial charge in [-0.2, -0.15) is 0 Å². The van der Waals surface area contributed by atoms with Gasteiger partial charge in [-0.15, -0.1) is 0 Å². The lowest BCUT2D eigenvalue weighted by atomic mass is 10.2. The summed E-state index contributed by atoms with van der Waals surface area (Å²) in [5, 5.41) is 5.29. The molecule has 0 radical (unpaired) electrons. The molecule has 6 nitrogen and oxygen atoms in total. The minimum absolute atomic E-state index is 0.0577. The highest BCUT2D eigenvalue weighted by Gasteiger charge is 2.30. The van der Waals surface area contributed by atoms with E-state index < -0.39 is 12.1 Å². The Balaban J connectivity index is 1.91. The van der Waals surface area contributed by atoms with Crippen LogP contribution in [0.1, 0.15) is 6.42 Å². The summed E-state index contributed by atoms with van der Waals surface area (Å²) < 4.78 is 0. The second kappa shape index (κ2) is 4.95. The van der Waals surface area contributed by atoms with Gasteiger partial charge in [-0.3, -0.25) is 4.79 Å². The van der Waals surface area contributed by atoms with E-state index in [4.69, 9.17) is 5.73 Å². The first kappa shape index (κ1) is 12.2. The van der Waals surface area contributed by atoms with E-state index in [0.717, 1.165) is 0 Å². The Kier molecular flexibility index (Phi) is 3.36. The van der Waals surface area contributed by atoms with Gasteiger partial charge in [0.1, 0.15) is 6.04 Å². The molecule has 96 valence electrons. The zero-order valence-electron chi connectivity index (χ0n) is 10.1. The van der Waals surface area contributed by atoms with E-state index in [0.29, 0.717) is 24.3 Å². The first-order valence-electron chi connectivity index (χ1n) is 5.74. The quantitative estimate of drug-likeness (QED) is 0.670. The van der Waals surface area contributed by atoms with Crippen molar-refractivity contribution in [2.24, 2.45) is 0 Å². The summed E-state index contributed by atoms with van der Waals surface area (Å²) in [7, 11) is 1.72. The number of carbonyl (C=O) groups is 2. The average Bonchev–Trinajstić information content (AvgIpc) is 2.61. The fourth-order valence-corrected chi connectivity index (χ4v) is 1.90. The summed E-state index contributed by atoms with van der Waals surface area (Å²) in [4.78, 5) is 24.9. The van der Waals surface area contributed by atoms with Gasteiger partial charge in [0.2, 0.25) is 5.91 Å². The van der Waals surface area contributed by atoms with Gasteiger partial charge in [0.25, 0.3) is 0 Å². The van der Waals surface area contributed by atoms with E-state index in [2.05, 4.69) is 10.6 Å². The third kappa shape index (κ3) is 2.71. The van der Waals surface area contributed by atoms with E-state index in [1.54, 1.807) is 36.2 Å². The van der Waals surface area contributed by atoms with Crippen molar-refractivity contribution < 1.29 is 9.59 Å². The van der Waals surface area contributed by atoms with Crippen molar-refractivity contribution in [2.45, 2.75) is 12.5 Å². The summed E-state index contributed by atoms with van der Waals surface area (Å²) in [6, 6.07) is 6.05. The lowest BCUT2D eigenvalue weighted by Gasteiger charge is -2.13. The van der Waals surface area contributed by atoms with Crippen molar-refractivity contribution in [3.63, 3.8) is 0 Å². The molecule has 1 saturated heterocycles. The number of amides is 3. The van der Waals surface area contributed by atoms with Crippen LogP contribution < -0.4 is 16.4 Å². The molecule has 1 aromatic rings. The summed E-state index contributed by atoms with van der Waals surface area (Å²) in [5.41, 5.74) is 6.78. The Morgan fingerprint density at radius 1 is 1.50 bits per heavy atom. The predicted molar refractivity (Wildman–Crippen MR) is 69.1 cm³/mol. The lowest BCUT2D eigenvalue weighted by molar-refractivity contribution is -0.128. The van der Waals surface area contributed by atoms with Gasteiger partial charge in [-0.05, 0) is 24.6 Å². The maximum atomic E-state index is 11.7. The first-order chi connectivity index (χ1) is 8.56. The minimum Gasteiger partial charge on any atom is -0.399 e. The fraction of sp³-hybridized carbons (Fsp3) is 0.333. The SMILES string of the molecule is CN1CCC(NC(=O)Nc2cccc(N)c2)C1=O. The molecule has 0 aromatic heterocycles. The number of anilines is 2. The molecule has 1 aliphatic rings. The largest absolute Gasteiger partial charge is 0.399 e. The second-order valence-corrected chi connectivity index (χ2v) is 4.32. The van der Waals surface area contributed by atoms with Gasteiger partial charge in [-0.25, -0.2) is 4.79 Å². The van der Waals surface area contributed by atoms with Gasteiger partial charge >= 0.3 is 6.03 Å². The highest BCUT2D eigenvalue weighted by atomic mass is 16.2. The number of nitrogen functional groups attached to an aromatic ring is 1. The van der Waals surface area contributed by atoms with Crippen molar-refractivity contribution in [2.75, 3.05) is 24.6 Å². The molecule has 1 aromatic carbocycles. The van der Waals surface area contributed by atoms with Crippen LogP contribution in [-0.2, 0) is 4.79 Å². The maximum absolute atomic E-state index is 11.7. The Bertz CT molecular complexity index is 475. The number of urea groups is 1. The number of benzene rings is 1. The maximum Gasteiger partial charge on any atom is 0.319 e. The Morgan fingerprint density at radius 2 is 2.28 bits per heavy atom. The molecule has 4 N–H and O–H groups in total. The molecule has 1 heterocycles. The smallest absolute Gasteiger partial charge is 0.319 e. The van der Waals surface area contributed by atoms with Crippen molar-refractivity contribution in [3.8, 4) is 0 Å². The van der Waals surface area contributed by atoms with E-state index in [9.17, 15) is 9.59 Å². The van der Waals surface area contributed by atoms with Crippen molar-refractivity contribution >= 4 is 23.3 Å². The van der Waals surface area contributed by atoms with Crippen LogP contribution in [0.15, 0.2) is 24.3 Å². The average molecular weight is 248 g/mol. The number of carbonyl (C=O) groups excluding carboxylic acids is 2. The molecule has 18 heavy (non-hydrogen) atoms. The topological polar surface area (TPSA) is 87.5 Å². The Morgan fingerprint density at radius 3 is 2.89 bits per heavy atom. The molecule has 1 atom stereocenters. The molecule has 1 aliphatic heterocycles. The third-order valence-electron chi connectivity index (χ3n) is 2.88. The summed E-state index contributed by atoms with van der Waals surface area (Å²) in [6.45, 7) is 0.669. The molecule has 3 amide bonds. The molecular formula is C12H16N4O2. The molecule has 0 aliphatic carbocycles. The molecule has 1 fully saturated rings. The lowest BCUT2D eigenvalue weighted by Crippen LogP contribution is -2.42. The Labute approximate surface area is 105 Å². The molecule has 6 heteroatoms. The van der Waals surface area contributed by atoms with E-state index in [-0.39, 0.29) is 5.91 Å². The van der Waals surface area contributed by atoms with Crippen LogP contribution in [0, 0.1) is 0 Å². The number of nitrogens with two attached hydrogens (primary N) is 1. The summed E-state index contributed by atoms with van der Waals surface area (Å²) in [6.07, 6.45) is 0.639. The molecular weight excluding hydrogens is 232 g/mol. The van der Waals surface area contributed by atoms with Gasteiger partial charge < -0.3 is 21.3 Å². The van der Waals surface area contributed by atoms with E-state index in [1.165, 1.54) is 0 Å². The summed E-state index contributed by atoms with van der Waals surface area (Å²) in [5.74, 6) is -0.0577. The van der Waals surface area contributed by atoms with Crippen LogP contribution in [0.5, 0.6) is 0 Å². The molecule has 0 spiro atoms. The molecule has 0 saturated carbocycles. The molecule has 1 unspecified atom stereocenters. The standard InChI is InChI=1S/C12H16N4O2/c1-16-6-5-10(11(16)17)15-12(18)14-9-4-2-3-8(13)7-9/h2-4,7,10H,5-6,13H2,1H3,(H2,14,15,18). The van der Waals surface area contributed by atoms with Gasteiger partial charge in [-0.1, -0.05) is 6.07 Å². The van der Waals surface area contributed by atoms with E-state index in [1.807, 2.05) is 0 Å². The van der Waals surface area contributed by atoms with Crippen molar-refractivity contribution in [3.05, 3.63) is 24.3 Å². The number of likely N-dealkylation sites (N-methyl/N-ethyl adjacent to an activating group) is 1. The number of hydrogen-bond acceptors (Lipinski definition) is 3. The minimum atomic E-state index is -0.434. The van der Waals surface area contributed by atoms with Crippen LogP contribution in [0.4, 0.5) is 16.2 Å². The van der Waals surface area contributed by atoms with Crippen LogP contribution in [0.25, 0.3) is 0 Å². The first-order valence-corrected chi connectivity index (χ1v) is 5.74. The Hall–Kier alpha value is -2.24. The highest BCUT2D eigenvalue weighted by molar-refractivity contribution is 5.94. The molecule has 2 rings (SSSR count).